The quantitative estimate of drug-likeness (QED) is 0.228. The Balaban J connectivity index is 1.64. The van der Waals surface area contributed by atoms with E-state index in [1.54, 1.807) is 30.3 Å². The summed E-state index contributed by atoms with van der Waals surface area (Å²) in [7, 11) is 1.49. The monoisotopic (exact) mass is 501 g/mol. The van der Waals surface area contributed by atoms with Crippen molar-refractivity contribution in [3.05, 3.63) is 76.3 Å². The van der Waals surface area contributed by atoms with Gasteiger partial charge in [0.25, 0.3) is 0 Å². The van der Waals surface area contributed by atoms with Gasteiger partial charge in [-0.05, 0) is 54.6 Å². The van der Waals surface area contributed by atoms with E-state index in [0.29, 0.717) is 27.2 Å². The SMILES string of the molecule is COc1ccc(-c2cc3cc(Cl)c(Cl)cc3[nH]2)cc1NC(=O)N(S)c1cccc(C(=O)O)c1. The second kappa shape index (κ2) is 9.27. The molecule has 0 saturated carbocycles. The number of ether oxygens (including phenoxy) is 1. The highest BCUT2D eigenvalue weighted by atomic mass is 35.5. The number of urea groups is 1. The molecule has 0 bridgehead atoms. The molecule has 0 aliphatic heterocycles. The van der Waals surface area contributed by atoms with E-state index < -0.39 is 12.0 Å². The number of H-pyrrole nitrogens is 1. The Bertz CT molecular complexity index is 1350. The molecule has 1 aromatic heterocycles. The molecule has 10 heteroatoms. The van der Waals surface area contributed by atoms with Gasteiger partial charge in [-0.25, -0.2) is 13.9 Å². The van der Waals surface area contributed by atoms with Crippen LogP contribution < -0.4 is 14.4 Å². The Morgan fingerprint density at radius 3 is 2.55 bits per heavy atom. The number of anilines is 2. The van der Waals surface area contributed by atoms with Crippen molar-refractivity contribution in [2.24, 2.45) is 0 Å². The number of halogens is 2. The van der Waals surface area contributed by atoms with Crippen molar-refractivity contribution in [2.45, 2.75) is 0 Å². The molecule has 7 nitrogen and oxygen atoms in total. The van der Waals surface area contributed by atoms with Gasteiger partial charge < -0.3 is 20.1 Å². The van der Waals surface area contributed by atoms with Crippen LogP contribution in [0, 0.1) is 0 Å². The van der Waals surface area contributed by atoms with Crippen molar-refractivity contribution in [2.75, 3.05) is 16.7 Å². The molecule has 168 valence electrons. The second-order valence-electron chi connectivity index (χ2n) is 7.05. The van der Waals surface area contributed by atoms with Gasteiger partial charge in [0.2, 0.25) is 0 Å². The average Bonchev–Trinajstić information content (AvgIpc) is 3.21. The van der Waals surface area contributed by atoms with Gasteiger partial charge in [0.05, 0.1) is 34.1 Å². The molecule has 4 rings (SSSR count). The number of carboxylic acid groups (broad SMARTS) is 1. The highest BCUT2D eigenvalue weighted by molar-refractivity contribution is 7.82. The normalized spacial score (nSPS) is 10.8. The number of carbonyl (C=O) groups excluding carboxylic acids is 1. The van der Waals surface area contributed by atoms with Crippen LogP contribution in [0.25, 0.3) is 22.2 Å². The van der Waals surface area contributed by atoms with Gasteiger partial charge in [0.15, 0.2) is 0 Å². The zero-order valence-corrected chi connectivity index (χ0v) is 19.5. The number of aromatic amines is 1. The van der Waals surface area contributed by atoms with Gasteiger partial charge in [-0.15, -0.1) is 0 Å². The first kappa shape index (κ1) is 22.8. The largest absolute Gasteiger partial charge is 0.495 e. The van der Waals surface area contributed by atoms with Crippen LogP contribution in [0.3, 0.4) is 0 Å². The van der Waals surface area contributed by atoms with Gasteiger partial charge in [0, 0.05) is 22.2 Å². The Labute approximate surface area is 204 Å². The molecule has 2 amide bonds. The molecule has 0 radical (unpaired) electrons. The van der Waals surface area contributed by atoms with Crippen LogP contribution >= 0.6 is 36.0 Å². The molecule has 0 aliphatic carbocycles. The first-order chi connectivity index (χ1) is 15.8. The minimum Gasteiger partial charge on any atom is -0.495 e. The van der Waals surface area contributed by atoms with Crippen molar-refractivity contribution in [3.63, 3.8) is 0 Å². The molecule has 4 aromatic rings. The topological polar surface area (TPSA) is 94.7 Å². The summed E-state index contributed by atoms with van der Waals surface area (Å²) < 4.78 is 6.40. The standard InChI is InChI=1S/C23H17Cl2N3O4S/c1-32-21-6-5-12(18-10-14-8-16(24)17(25)11-19(14)26-18)9-20(21)27-23(31)28(33)15-4-2-3-13(7-15)22(29)30/h2-11,26,33H,1H3,(H,27,31)(H,29,30). The summed E-state index contributed by atoms with van der Waals surface area (Å²) in [5, 5.41) is 13.7. The Hall–Kier alpha value is -3.33. The van der Waals surface area contributed by atoms with Crippen LogP contribution in [-0.2, 0) is 0 Å². The van der Waals surface area contributed by atoms with Crippen molar-refractivity contribution < 1.29 is 19.4 Å². The van der Waals surface area contributed by atoms with Gasteiger partial charge in [-0.2, -0.15) is 0 Å². The van der Waals surface area contributed by atoms with Gasteiger partial charge in [-0.3, -0.25) is 0 Å². The third-order valence-electron chi connectivity index (χ3n) is 4.94. The molecule has 1 heterocycles. The van der Waals surface area contributed by atoms with E-state index in [2.05, 4.69) is 23.1 Å². The molecular formula is C23H17Cl2N3O4S. The maximum absolute atomic E-state index is 12.8. The number of nitrogens with one attached hydrogen (secondary N) is 2. The molecule has 0 saturated heterocycles. The summed E-state index contributed by atoms with van der Waals surface area (Å²) in [6, 6.07) is 16.1. The van der Waals surface area contributed by atoms with Crippen LogP contribution in [-0.4, -0.2) is 29.2 Å². The number of amides is 2. The number of hydrogen-bond donors (Lipinski definition) is 4. The zero-order chi connectivity index (χ0) is 23.7. The number of benzene rings is 3. The van der Waals surface area contributed by atoms with Crippen LogP contribution in [0.4, 0.5) is 16.2 Å². The maximum atomic E-state index is 12.8. The Kier molecular flexibility index (Phi) is 6.42. The lowest BCUT2D eigenvalue weighted by atomic mass is 10.1. The maximum Gasteiger partial charge on any atom is 0.336 e. The Morgan fingerprint density at radius 2 is 1.82 bits per heavy atom. The first-order valence-corrected chi connectivity index (χ1v) is 10.7. The zero-order valence-electron chi connectivity index (χ0n) is 17.1. The van der Waals surface area contributed by atoms with E-state index in [9.17, 15) is 14.7 Å². The minimum atomic E-state index is -1.10. The number of fused-ring (bicyclic) bond motifs is 1. The van der Waals surface area contributed by atoms with Crippen molar-refractivity contribution in [1.82, 2.24) is 4.98 Å². The summed E-state index contributed by atoms with van der Waals surface area (Å²) in [6.07, 6.45) is 0. The molecule has 33 heavy (non-hydrogen) atoms. The molecular weight excluding hydrogens is 485 g/mol. The third kappa shape index (κ3) is 4.73. The summed E-state index contributed by atoms with van der Waals surface area (Å²) in [4.78, 5) is 27.3. The number of nitrogens with zero attached hydrogens (tertiary/aromatic N) is 1. The second-order valence-corrected chi connectivity index (χ2v) is 8.26. The lowest BCUT2D eigenvalue weighted by Gasteiger charge is -2.18. The number of rotatable bonds is 5. The van der Waals surface area contributed by atoms with E-state index in [1.807, 2.05) is 12.1 Å². The van der Waals surface area contributed by atoms with Gasteiger partial charge >= 0.3 is 12.0 Å². The molecule has 0 atom stereocenters. The lowest BCUT2D eigenvalue weighted by Crippen LogP contribution is -2.27. The van der Waals surface area contributed by atoms with Crippen LogP contribution in [0.15, 0.2) is 60.7 Å². The molecule has 3 aromatic carbocycles. The number of carbonyl (C=O) groups is 2. The third-order valence-corrected chi connectivity index (χ3v) is 6.08. The van der Waals surface area contributed by atoms with E-state index in [4.69, 9.17) is 27.9 Å². The smallest absolute Gasteiger partial charge is 0.336 e. The number of methoxy groups -OCH3 is 1. The molecule has 0 spiro atoms. The molecule has 3 N–H and O–H groups in total. The summed E-state index contributed by atoms with van der Waals surface area (Å²) in [5.41, 5.74) is 3.14. The summed E-state index contributed by atoms with van der Waals surface area (Å²) >= 11 is 16.5. The molecule has 0 fully saturated rings. The Morgan fingerprint density at radius 1 is 1.06 bits per heavy atom. The van der Waals surface area contributed by atoms with Crippen molar-refractivity contribution in [3.8, 4) is 17.0 Å². The predicted molar refractivity (Wildman–Crippen MR) is 134 cm³/mol. The molecule has 0 unspecified atom stereocenters. The van der Waals surface area contributed by atoms with Crippen LogP contribution in [0.2, 0.25) is 10.0 Å². The van der Waals surface area contributed by atoms with Crippen molar-refractivity contribution >= 4 is 70.3 Å². The fourth-order valence-corrected chi connectivity index (χ4v) is 3.82. The van der Waals surface area contributed by atoms with Crippen molar-refractivity contribution in [1.29, 1.82) is 0 Å². The number of aromatic nitrogens is 1. The first-order valence-electron chi connectivity index (χ1n) is 9.56. The van der Waals surface area contributed by atoms with Gasteiger partial charge in [-0.1, -0.05) is 42.1 Å². The minimum absolute atomic E-state index is 0.0398. The highest BCUT2D eigenvalue weighted by Gasteiger charge is 2.17. The van der Waals surface area contributed by atoms with Crippen LogP contribution in [0.1, 0.15) is 10.4 Å². The molecule has 0 aliphatic rings. The van der Waals surface area contributed by atoms with E-state index >= 15 is 0 Å². The average molecular weight is 502 g/mol. The van der Waals surface area contributed by atoms with Crippen LogP contribution in [0.5, 0.6) is 5.75 Å². The van der Waals surface area contributed by atoms with E-state index in [0.717, 1.165) is 26.5 Å². The van der Waals surface area contributed by atoms with E-state index in [-0.39, 0.29) is 5.56 Å². The lowest BCUT2D eigenvalue weighted by molar-refractivity contribution is 0.0697. The highest BCUT2D eigenvalue weighted by Crippen LogP contribution is 2.34. The summed E-state index contributed by atoms with van der Waals surface area (Å²) in [6.45, 7) is 0. The number of carboxylic acids is 1. The number of aromatic carboxylic acids is 1. The fourth-order valence-electron chi connectivity index (χ4n) is 3.31. The predicted octanol–water partition coefficient (Wildman–Crippen LogP) is 6.73. The number of hydrogen-bond acceptors (Lipinski definition) is 4. The van der Waals surface area contributed by atoms with Gasteiger partial charge in [0.1, 0.15) is 5.75 Å². The fraction of sp³-hybridized carbons (Fsp3) is 0.0435. The summed E-state index contributed by atoms with van der Waals surface area (Å²) in [5.74, 6) is -0.662. The number of thiol groups is 1. The van der Waals surface area contributed by atoms with E-state index in [1.165, 1.54) is 25.3 Å².